The highest BCUT2D eigenvalue weighted by molar-refractivity contribution is 9.10. The molecule has 0 N–H and O–H groups in total. The van der Waals surface area contributed by atoms with Gasteiger partial charge in [0.05, 0.1) is 10.3 Å². The Bertz CT molecular complexity index is 875. The Kier molecular flexibility index (Phi) is 3.68. The molecular formula is C19H17BrN2O3. The lowest BCUT2D eigenvalue weighted by atomic mass is 9.93. The molecule has 6 heteroatoms. The Morgan fingerprint density at radius 2 is 1.92 bits per heavy atom. The van der Waals surface area contributed by atoms with Gasteiger partial charge in [-0.15, -0.1) is 0 Å². The zero-order chi connectivity index (χ0) is 17.8. The van der Waals surface area contributed by atoms with Crippen LogP contribution in [0.1, 0.15) is 30.9 Å². The van der Waals surface area contributed by atoms with Crippen LogP contribution in [0.3, 0.4) is 0 Å². The summed E-state index contributed by atoms with van der Waals surface area (Å²) in [4.78, 5) is 25.7. The smallest absolute Gasteiger partial charge is 0.269 e. The van der Waals surface area contributed by atoms with E-state index in [0.717, 1.165) is 35.0 Å². The molecule has 5 nitrogen and oxygen atoms in total. The second kappa shape index (κ2) is 5.66. The molecule has 2 aromatic carbocycles. The third-order valence-electron chi connectivity index (χ3n) is 5.27. The summed E-state index contributed by atoms with van der Waals surface area (Å²) in [7, 11) is 0. The number of fused-ring (bicyclic) bond motifs is 1. The number of benzene rings is 2. The van der Waals surface area contributed by atoms with Crippen molar-refractivity contribution in [1.29, 1.82) is 0 Å². The molecule has 25 heavy (non-hydrogen) atoms. The minimum atomic E-state index is -0.530. The molecule has 1 atom stereocenters. The maximum absolute atomic E-state index is 13.4. The Morgan fingerprint density at radius 1 is 1.24 bits per heavy atom. The third kappa shape index (κ3) is 2.56. The lowest BCUT2D eigenvalue weighted by Gasteiger charge is -2.28. The Morgan fingerprint density at radius 3 is 2.52 bits per heavy atom. The molecule has 0 bridgehead atoms. The number of carbonyl (C=O) groups excluding carboxylic acids is 1. The number of carbonyl (C=O) groups is 1. The highest BCUT2D eigenvalue weighted by Crippen LogP contribution is 2.51. The Labute approximate surface area is 153 Å². The number of amides is 1. The van der Waals surface area contributed by atoms with Crippen molar-refractivity contribution in [2.24, 2.45) is 0 Å². The zero-order valence-electron chi connectivity index (χ0n) is 13.7. The Balaban J connectivity index is 1.68. The van der Waals surface area contributed by atoms with Crippen LogP contribution in [0.25, 0.3) is 0 Å². The van der Waals surface area contributed by atoms with Gasteiger partial charge in [0.25, 0.3) is 5.69 Å². The molecule has 0 spiro atoms. The van der Waals surface area contributed by atoms with E-state index in [9.17, 15) is 14.9 Å². The summed E-state index contributed by atoms with van der Waals surface area (Å²) in [5.41, 5.74) is 2.55. The van der Waals surface area contributed by atoms with Gasteiger partial charge in [0.15, 0.2) is 0 Å². The van der Waals surface area contributed by atoms with Crippen LogP contribution in [-0.2, 0) is 16.6 Å². The second-order valence-electron chi connectivity index (χ2n) is 6.89. The first kappa shape index (κ1) is 16.3. The minimum absolute atomic E-state index is 0.0525. The lowest BCUT2D eigenvalue weighted by Crippen LogP contribution is -2.42. The summed E-state index contributed by atoms with van der Waals surface area (Å²) in [5, 5.41) is 10.9. The number of non-ortho nitro benzene ring substituents is 1. The number of halogens is 1. The maximum atomic E-state index is 13.4. The van der Waals surface area contributed by atoms with E-state index >= 15 is 0 Å². The van der Waals surface area contributed by atoms with Crippen LogP contribution in [0.5, 0.6) is 0 Å². The Hall–Kier alpha value is -2.21. The van der Waals surface area contributed by atoms with Gasteiger partial charge in [-0.3, -0.25) is 14.9 Å². The summed E-state index contributed by atoms with van der Waals surface area (Å²) in [6.45, 7) is 2.07. The third-order valence-corrected chi connectivity index (χ3v) is 5.76. The van der Waals surface area contributed by atoms with Crippen LogP contribution >= 0.6 is 15.9 Å². The van der Waals surface area contributed by atoms with Crippen molar-refractivity contribution >= 4 is 33.2 Å². The predicted molar refractivity (Wildman–Crippen MR) is 98.8 cm³/mol. The SMILES string of the molecule is CC1Cc2cc(Br)ccc2N1C(=O)C1(c2ccc([N+](=O)[O-])cc2)CC1. The first-order chi connectivity index (χ1) is 11.9. The van der Waals surface area contributed by atoms with Gasteiger partial charge in [-0.25, -0.2) is 0 Å². The quantitative estimate of drug-likeness (QED) is 0.567. The molecule has 1 heterocycles. The largest absolute Gasteiger partial charge is 0.308 e. The summed E-state index contributed by atoms with van der Waals surface area (Å²) in [5.74, 6) is 0.106. The molecule has 0 aromatic heterocycles. The fraction of sp³-hybridized carbons (Fsp3) is 0.316. The summed E-state index contributed by atoms with van der Waals surface area (Å²) in [6, 6.07) is 12.6. The highest BCUT2D eigenvalue weighted by Gasteiger charge is 2.54. The van der Waals surface area contributed by atoms with Crippen molar-refractivity contribution in [1.82, 2.24) is 0 Å². The van der Waals surface area contributed by atoms with Gasteiger partial charge in [-0.05, 0) is 55.5 Å². The average Bonchev–Trinajstić information content (AvgIpc) is 3.33. The molecule has 128 valence electrons. The first-order valence-electron chi connectivity index (χ1n) is 8.29. The fourth-order valence-corrected chi connectivity index (χ4v) is 4.20. The molecule has 2 aromatic rings. The van der Waals surface area contributed by atoms with Gasteiger partial charge < -0.3 is 4.90 Å². The van der Waals surface area contributed by atoms with Gasteiger partial charge in [0, 0.05) is 28.3 Å². The minimum Gasteiger partial charge on any atom is -0.308 e. The second-order valence-corrected chi connectivity index (χ2v) is 7.80. The number of hydrogen-bond donors (Lipinski definition) is 0. The van der Waals surface area contributed by atoms with Crippen LogP contribution < -0.4 is 4.90 Å². The van der Waals surface area contributed by atoms with E-state index in [1.165, 1.54) is 17.7 Å². The van der Waals surface area contributed by atoms with Gasteiger partial charge >= 0.3 is 0 Å². The monoisotopic (exact) mass is 400 g/mol. The van der Waals surface area contributed by atoms with Crippen molar-refractivity contribution in [3.63, 3.8) is 0 Å². The fourth-order valence-electron chi connectivity index (χ4n) is 3.79. The van der Waals surface area contributed by atoms with Crippen molar-refractivity contribution in [2.45, 2.75) is 37.6 Å². The number of nitro benzene ring substituents is 1. The van der Waals surface area contributed by atoms with Crippen LogP contribution in [-0.4, -0.2) is 16.9 Å². The van der Waals surface area contributed by atoms with E-state index in [0.29, 0.717) is 0 Å². The molecule has 1 saturated carbocycles. The molecule has 1 aliphatic heterocycles. The molecule has 4 rings (SSSR count). The molecule has 1 unspecified atom stereocenters. The van der Waals surface area contributed by atoms with Gasteiger partial charge in [-0.1, -0.05) is 28.1 Å². The summed E-state index contributed by atoms with van der Waals surface area (Å²) < 4.78 is 1.02. The van der Waals surface area contributed by atoms with Crippen molar-refractivity contribution < 1.29 is 9.72 Å². The molecule has 1 fully saturated rings. The number of anilines is 1. The van der Waals surface area contributed by atoms with E-state index in [2.05, 4.69) is 28.9 Å². The van der Waals surface area contributed by atoms with Crippen LogP contribution in [0.2, 0.25) is 0 Å². The number of hydrogen-bond acceptors (Lipinski definition) is 3. The van der Waals surface area contributed by atoms with Crippen LogP contribution in [0.15, 0.2) is 46.9 Å². The molecule has 1 aliphatic carbocycles. The van der Waals surface area contributed by atoms with E-state index in [1.54, 1.807) is 12.1 Å². The molecule has 1 amide bonds. The van der Waals surface area contributed by atoms with Gasteiger partial charge in [0.1, 0.15) is 0 Å². The predicted octanol–water partition coefficient (Wildman–Crippen LogP) is 4.37. The standard InChI is InChI=1S/C19H17BrN2O3/c1-12-10-13-11-15(20)4-7-17(13)21(12)18(23)19(8-9-19)14-2-5-16(6-3-14)22(24)25/h2-7,11-12H,8-10H2,1H3. The van der Waals surface area contributed by atoms with Crippen molar-refractivity contribution in [3.8, 4) is 0 Å². The van der Waals surface area contributed by atoms with Gasteiger partial charge in [-0.2, -0.15) is 0 Å². The number of nitrogens with zero attached hydrogens (tertiary/aromatic N) is 2. The van der Waals surface area contributed by atoms with Crippen molar-refractivity contribution in [3.05, 3.63) is 68.2 Å². The lowest BCUT2D eigenvalue weighted by molar-refractivity contribution is -0.384. The van der Waals surface area contributed by atoms with E-state index in [-0.39, 0.29) is 17.6 Å². The van der Waals surface area contributed by atoms with E-state index in [4.69, 9.17) is 0 Å². The highest BCUT2D eigenvalue weighted by atomic mass is 79.9. The first-order valence-corrected chi connectivity index (χ1v) is 9.09. The normalized spacial score (nSPS) is 20.2. The molecule has 0 radical (unpaired) electrons. The summed E-state index contributed by atoms with van der Waals surface area (Å²) in [6.07, 6.45) is 2.42. The van der Waals surface area contributed by atoms with Crippen molar-refractivity contribution in [2.75, 3.05) is 4.90 Å². The molecular weight excluding hydrogens is 384 g/mol. The number of nitro groups is 1. The zero-order valence-corrected chi connectivity index (χ0v) is 15.3. The van der Waals surface area contributed by atoms with Gasteiger partial charge in [0.2, 0.25) is 5.91 Å². The van der Waals surface area contributed by atoms with Crippen LogP contribution in [0, 0.1) is 10.1 Å². The summed E-state index contributed by atoms with van der Waals surface area (Å²) >= 11 is 3.49. The average molecular weight is 401 g/mol. The van der Waals surface area contributed by atoms with E-state index in [1.807, 2.05) is 17.0 Å². The van der Waals surface area contributed by atoms with E-state index < -0.39 is 10.3 Å². The maximum Gasteiger partial charge on any atom is 0.269 e. The molecule has 0 saturated heterocycles. The number of rotatable bonds is 3. The van der Waals surface area contributed by atoms with Crippen LogP contribution in [0.4, 0.5) is 11.4 Å². The molecule has 2 aliphatic rings. The topological polar surface area (TPSA) is 63.5 Å².